The molecule has 1 N–H and O–H groups in total. The van der Waals surface area contributed by atoms with E-state index < -0.39 is 0 Å². The van der Waals surface area contributed by atoms with Crippen molar-refractivity contribution in [2.75, 3.05) is 12.4 Å². The normalized spacial score (nSPS) is 9.83. The molecule has 0 aliphatic carbocycles. The Morgan fingerprint density at radius 1 is 1.39 bits per heavy atom. The van der Waals surface area contributed by atoms with Gasteiger partial charge in [-0.25, -0.2) is 4.79 Å². The fourth-order valence-corrected chi connectivity index (χ4v) is 2.72. The van der Waals surface area contributed by atoms with Crippen molar-refractivity contribution in [3.63, 3.8) is 0 Å². The van der Waals surface area contributed by atoms with Crippen LogP contribution in [0.1, 0.15) is 9.67 Å². The van der Waals surface area contributed by atoms with E-state index in [0.717, 1.165) is 10.4 Å². The van der Waals surface area contributed by atoms with Crippen LogP contribution in [0.15, 0.2) is 36.4 Å². The van der Waals surface area contributed by atoms with E-state index in [2.05, 4.69) is 5.32 Å². The molecule has 5 heteroatoms. The molecule has 0 radical (unpaired) electrons. The first-order chi connectivity index (χ1) is 8.76. The van der Waals surface area contributed by atoms with E-state index in [1.807, 2.05) is 36.4 Å². The number of esters is 1. The number of thiophene rings is 1. The number of hydrogen-bond acceptors (Lipinski definition) is 4. The molecule has 0 amide bonds. The third-order valence-corrected chi connectivity index (χ3v) is 3.66. The van der Waals surface area contributed by atoms with Gasteiger partial charge in [0.2, 0.25) is 0 Å². The first-order valence-electron chi connectivity index (χ1n) is 5.24. The van der Waals surface area contributed by atoms with Crippen LogP contribution >= 0.6 is 23.6 Å². The number of carbonyl (C=O) groups is 1. The topological polar surface area (TPSA) is 38.3 Å². The molecule has 0 atom stereocenters. The Kier molecular flexibility index (Phi) is 4.07. The van der Waals surface area contributed by atoms with E-state index in [9.17, 15) is 4.79 Å². The van der Waals surface area contributed by atoms with Crippen LogP contribution in [0, 0.1) is 0 Å². The van der Waals surface area contributed by atoms with E-state index in [1.165, 1.54) is 23.9 Å². The average molecular weight is 277 g/mol. The highest BCUT2D eigenvalue weighted by Gasteiger charge is 2.16. The molecule has 1 heterocycles. The molecule has 0 saturated heterocycles. The number of carbonyl (C=O) groups excluding carboxylic acids is 1. The lowest BCUT2D eigenvalue weighted by Gasteiger charge is -1.99. The molecule has 0 aliphatic rings. The largest absolute Gasteiger partial charge is 0.465 e. The van der Waals surface area contributed by atoms with Crippen molar-refractivity contribution >= 4 is 40.7 Å². The highest BCUT2D eigenvalue weighted by atomic mass is 32.1. The Balaban J connectivity index is 2.45. The first-order valence-corrected chi connectivity index (χ1v) is 6.53. The molecule has 18 heavy (non-hydrogen) atoms. The van der Waals surface area contributed by atoms with Crippen molar-refractivity contribution in [3.05, 3.63) is 41.3 Å². The fourth-order valence-electron chi connectivity index (χ4n) is 1.55. The summed E-state index contributed by atoms with van der Waals surface area (Å²) in [5.41, 5.74) is 3.12. The summed E-state index contributed by atoms with van der Waals surface area (Å²) in [5, 5.41) is 2.88. The van der Waals surface area contributed by atoms with Gasteiger partial charge in [0.25, 0.3) is 0 Å². The Bertz CT molecular complexity index is 564. The van der Waals surface area contributed by atoms with Crippen LogP contribution in [-0.4, -0.2) is 18.6 Å². The molecule has 0 saturated carbocycles. The Labute approximate surface area is 114 Å². The number of thiocarbonyl (C=S) groups is 1. The maximum atomic E-state index is 11.7. The van der Waals surface area contributed by atoms with Crippen LogP contribution in [0.5, 0.6) is 0 Å². The predicted molar refractivity (Wildman–Crippen MR) is 78.4 cm³/mol. The van der Waals surface area contributed by atoms with Gasteiger partial charge in [0, 0.05) is 4.88 Å². The number of methoxy groups -OCH3 is 1. The minimum Gasteiger partial charge on any atom is -0.465 e. The summed E-state index contributed by atoms with van der Waals surface area (Å²) >= 11 is 6.14. The van der Waals surface area contributed by atoms with Crippen LogP contribution in [0.3, 0.4) is 0 Å². The minimum atomic E-state index is -0.360. The lowest BCUT2D eigenvalue weighted by atomic mass is 10.2. The Morgan fingerprint density at radius 3 is 2.72 bits per heavy atom. The lowest BCUT2D eigenvalue weighted by Crippen LogP contribution is -2.02. The van der Waals surface area contributed by atoms with Gasteiger partial charge in [-0.3, -0.25) is 0 Å². The second-order valence-electron chi connectivity index (χ2n) is 3.47. The summed E-state index contributed by atoms with van der Waals surface area (Å²) in [6, 6.07) is 11.8. The van der Waals surface area contributed by atoms with Crippen LogP contribution in [0.4, 0.5) is 5.69 Å². The zero-order chi connectivity index (χ0) is 13.0. The van der Waals surface area contributed by atoms with E-state index in [0.29, 0.717) is 10.6 Å². The molecule has 0 spiro atoms. The zero-order valence-corrected chi connectivity index (χ0v) is 11.3. The molecule has 1 aromatic heterocycles. The van der Waals surface area contributed by atoms with Gasteiger partial charge < -0.3 is 10.1 Å². The van der Waals surface area contributed by atoms with Crippen LogP contribution in [0.25, 0.3) is 10.4 Å². The van der Waals surface area contributed by atoms with Gasteiger partial charge in [-0.15, -0.1) is 11.3 Å². The van der Waals surface area contributed by atoms with Crippen molar-refractivity contribution < 1.29 is 9.53 Å². The highest BCUT2D eigenvalue weighted by Crippen LogP contribution is 2.34. The zero-order valence-electron chi connectivity index (χ0n) is 9.67. The first kappa shape index (κ1) is 12.7. The average Bonchev–Trinajstić information content (AvgIpc) is 2.83. The van der Waals surface area contributed by atoms with Gasteiger partial charge in [-0.1, -0.05) is 42.5 Å². The number of ether oxygens (including phenoxy) is 1. The van der Waals surface area contributed by atoms with E-state index in [1.54, 1.807) is 0 Å². The van der Waals surface area contributed by atoms with E-state index >= 15 is 0 Å². The van der Waals surface area contributed by atoms with Gasteiger partial charge in [-0.2, -0.15) is 0 Å². The third-order valence-electron chi connectivity index (χ3n) is 2.38. The SMILES string of the molecule is COC(=O)c1sc(-c2ccccc2)cc1NC=S. The number of benzene rings is 1. The molecular weight excluding hydrogens is 266 g/mol. The number of hydrogen-bond donors (Lipinski definition) is 1. The van der Waals surface area contributed by atoms with E-state index in [4.69, 9.17) is 17.0 Å². The summed E-state index contributed by atoms with van der Waals surface area (Å²) in [6.45, 7) is 0. The molecule has 92 valence electrons. The highest BCUT2D eigenvalue weighted by molar-refractivity contribution is 7.79. The van der Waals surface area contributed by atoms with Crippen LogP contribution in [0.2, 0.25) is 0 Å². The van der Waals surface area contributed by atoms with Gasteiger partial charge in [0.1, 0.15) is 4.88 Å². The van der Waals surface area contributed by atoms with Crippen LogP contribution < -0.4 is 5.32 Å². The second kappa shape index (κ2) is 5.75. The van der Waals surface area contributed by atoms with Gasteiger partial charge in [0.05, 0.1) is 18.3 Å². The summed E-state index contributed by atoms with van der Waals surface area (Å²) in [6.07, 6.45) is 0. The summed E-state index contributed by atoms with van der Waals surface area (Å²) in [5.74, 6) is -0.360. The molecule has 1 aromatic carbocycles. The Morgan fingerprint density at radius 2 is 2.11 bits per heavy atom. The standard InChI is InChI=1S/C13H11NO2S2/c1-16-13(15)12-10(14-8-17)7-11(18-12)9-5-3-2-4-6-9/h2-8H,1H3,(H,14,17). The minimum absolute atomic E-state index is 0.360. The molecule has 0 unspecified atom stereocenters. The summed E-state index contributed by atoms with van der Waals surface area (Å²) in [4.78, 5) is 13.2. The molecule has 2 rings (SSSR count). The Hall–Kier alpha value is -1.72. The van der Waals surface area contributed by atoms with Crippen LogP contribution in [-0.2, 0) is 4.74 Å². The van der Waals surface area contributed by atoms with Crippen molar-refractivity contribution in [3.8, 4) is 10.4 Å². The van der Waals surface area contributed by atoms with Crippen molar-refractivity contribution in [2.45, 2.75) is 0 Å². The van der Waals surface area contributed by atoms with Gasteiger partial charge in [0.15, 0.2) is 0 Å². The maximum Gasteiger partial charge on any atom is 0.350 e. The second-order valence-corrected chi connectivity index (χ2v) is 4.76. The third kappa shape index (κ3) is 2.57. The monoisotopic (exact) mass is 277 g/mol. The summed E-state index contributed by atoms with van der Waals surface area (Å²) in [7, 11) is 1.37. The number of rotatable bonds is 4. The van der Waals surface area contributed by atoms with Crippen molar-refractivity contribution in [1.29, 1.82) is 0 Å². The smallest absolute Gasteiger partial charge is 0.350 e. The molecule has 0 aliphatic heterocycles. The lowest BCUT2D eigenvalue weighted by molar-refractivity contribution is 0.0607. The van der Waals surface area contributed by atoms with E-state index in [-0.39, 0.29) is 5.97 Å². The maximum absolute atomic E-state index is 11.7. The van der Waals surface area contributed by atoms with Gasteiger partial charge in [-0.05, 0) is 11.6 Å². The van der Waals surface area contributed by atoms with Crippen molar-refractivity contribution in [1.82, 2.24) is 0 Å². The summed E-state index contributed by atoms with van der Waals surface area (Å²) < 4.78 is 4.76. The quantitative estimate of drug-likeness (QED) is 0.685. The number of nitrogens with one attached hydrogen (secondary N) is 1. The molecule has 0 fully saturated rings. The van der Waals surface area contributed by atoms with Gasteiger partial charge >= 0.3 is 5.97 Å². The molecular formula is C13H11NO2S2. The molecule has 2 aromatic rings. The predicted octanol–water partition coefficient (Wildman–Crippen LogP) is 3.57. The molecule has 0 bridgehead atoms. The number of anilines is 1. The fraction of sp³-hybridized carbons (Fsp3) is 0.0769. The molecule has 3 nitrogen and oxygen atoms in total. The van der Waals surface area contributed by atoms with Crippen molar-refractivity contribution in [2.24, 2.45) is 0 Å².